The van der Waals surface area contributed by atoms with E-state index in [4.69, 9.17) is 0 Å². The molecular weight excluding hydrogens is 434 g/mol. The molecule has 0 amide bonds. The van der Waals surface area contributed by atoms with Crippen LogP contribution in [0.1, 0.15) is 56.4 Å². The summed E-state index contributed by atoms with van der Waals surface area (Å²) in [4.78, 5) is 4.58. The summed E-state index contributed by atoms with van der Waals surface area (Å²) < 4.78 is 0. The van der Waals surface area contributed by atoms with Crippen molar-refractivity contribution < 1.29 is 0 Å². The predicted molar refractivity (Wildman–Crippen MR) is 152 cm³/mol. The van der Waals surface area contributed by atoms with Gasteiger partial charge in [0.2, 0.25) is 0 Å². The molecule has 0 fully saturated rings. The Morgan fingerprint density at radius 1 is 0.861 bits per heavy atom. The fraction of sp³-hybridized carbons (Fsp3) is 0.343. The van der Waals surface area contributed by atoms with Gasteiger partial charge in [0, 0.05) is 18.4 Å². The highest BCUT2D eigenvalue weighted by Crippen LogP contribution is 2.55. The molecule has 36 heavy (non-hydrogen) atoms. The van der Waals surface area contributed by atoms with Gasteiger partial charge in [-0.25, -0.2) is 0 Å². The zero-order valence-corrected chi connectivity index (χ0v) is 21.1. The minimum Gasteiger partial charge on any atom is -0.297 e. The molecule has 4 unspecified atom stereocenters. The highest BCUT2D eigenvalue weighted by Gasteiger charge is 2.42. The molecule has 180 valence electrons. The maximum absolute atomic E-state index is 4.58. The second kappa shape index (κ2) is 9.36. The number of hydrogen-bond acceptors (Lipinski definition) is 1. The van der Waals surface area contributed by atoms with E-state index in [1.54, 1.807) is 27.9 Å². The maximum Gasteiger partial charge on any atom is 0.0451 e. The molecule has 0 radical (unpaired) electrons. The second-order valence-corrected chi connectivity index (χ2v) is 11.2. The summed E-state index contributed by atoms with van der Waals surface area (Å²) in [5, 5.41) is 2.70. The summed E-state index contributed by atoms with van der Waals surface area (Å²) in [6.07, 6.45) is 27.7. The van der Waals surface area contributed by atoms with Gasteiger partial charge in [-0.2, -0.15) is 0 Å². The maximum atomic E-state index is 4.58. The Morgan fingerprint density at radius 3 is 2.67 bits per heavy atom. The Labute approximate surface area is 215 Å². The van der Waals surface area contributed by atoms with Crippen molar-refractivity contribution in [3.05, 3.63) is 118 Å². The van der Waals surface area contributed by atoms with Gasteiger partial charge in [0.05, 0.1) is 0 Å². The van der Waals surface area contributed by atoms with E-state index < -0.39 is 0 Å². The molecule has 1 aliphatic heterocycles. The lowest BCUT2D eigenvalue weighted by Gasteiger charge is -2.45. The number of nitrogens with zero attached hydrogens (tertiary/aromatic N) is 1. The normalized spacial score (nSPS) is 29.4. The van der Waals surface area contributed by atoms with Crippen molar-refractivity contribution in [2.75, 3.05) is 6.54 Å². The van der Waals surface area contributed by atoms with Crippen LogP contribution in [0.2, 0.25) is 0 Å². The van der Waals surface area contributed by atoms with Crippen molar-refractivity contribution in [3.8, 4) is 0 Å². The third-order valence-corrected chi connectivity index (χ3v) is 9.23. The first-order valence-corrected chi connectivity index (χ1v) is 14.0. The van der Waals surface area contributed by atoms with E-state index in [2.05, 4.69) is 96.2 Å². The first kappa shape index (κ1) is 22.0. The van der Waals surface area contributed by atoms with Crippen LogP contribution in [-0.2, 0) is 0 Å². The standard InChI is InChI=1S/C35H35N/c1-2-9-27-22-28(20-17-24(27)8-1)35-32-13-5-3-11-30(32)34(31-12-4-6-14-33(31)35)26-18-15-25(16-19-26)29-10-7-21-36-23-29/h1-3,5,8-9,11-13,15,17-18,20-22,29,32-33,35H,4,6-7,10,14,16,19,23H2. The smallest absolute Gasteiger partial charge is 0.0451 e. The molecular formula is C35H35N. The van der Waals surface area contributed by atoms with Gasteiger partial charge in [0.15, 0.2) is 0 Å². The molecule has 0 aromatic heterocycles. The Balaban J connectivity index is 1.32. The average molecular weight is 470 g/mol. The zero-order chi connectivity index (χ0) is 23.9. The van der Waals surface area contributed by atoms with Crippen molar-refractivity contribution in [2.45, 2.75) is 50.9 Å². The zero-order valence-electron chi connectivity index (χ0n) is 21.1. The highest BCUT2D eigenvalue weighted by atomic mass is 14.7. The van der Waals surface area contributed by atoms with E-state index in [9.17, 15) is 0 Å². The predicted octanol–water partition coefficient (Wildman–Crippen LogP) is 8.83. The monoisotopic (exact) mass is 469 g/mol. The Bertz CT molecular complexity index is 1410. The highest BCUT2D eigenvalue weighted by molar-refractivity contribution is 5.83. The molecule has 0 spiro atoms. The average Bonchev–Trinajstić information content (AvgIpc) is 2.96. The molecule has 0 saturated heterocycles. The first-order valence-electron chi connectivity index (χ1n) is 14.0. The molecule has 5 aliphatic rings. The van der Waals surface area contributed by atoms with Crippen molar-refractivity contribution >= 4 is 17.0 Å². The van der Waals surface area contributed by atoms with Crippen LogP contribution in [0.15, 0.2) is 118 Å². The minimum atomic E-state index is 0.449. The number of fused-ring (bicyclic) bond motifs is 3. The Morgan fingerprint density at radius 2 is 1.81 bits per heavy atom. The largest absolute Gasteiger partial charge is 0.297 e. The number of hydrogen-bond donors (Lipinski definition) is 0. The van der Waals surface area contributed by atoms with Gasteiger partial charge < -0.3 is 0 Å². The van der Waals surface area contributed by atoms with Gasteiger partial charge in [-0.05, 0) is 102 Å². The molecule has 2 aromatic carbocycles. The van der Waals surface area contributed by atoms with Crippen LogP contribution in [-0.4, -0.2) is 12.8 Å². The van der Waals surface area contributed by atoms with E-state index in [-0.39, 0.29) is 0 Å². The van der Waals surface area contributed by atoms with Gasteiger partial charge in [-0.1, -0.05) is 90.6 Å². The van der Waals surface area contributed by atoms with Crippen LogP contribution in [0.3, 0.4) is 0 Å². The van der Waals surface area contributed by atoms with E-state index in [0.29, 0.717) is 23.7 Å². The number of allylic oxidation sites excluding steroid dienone is 11. The van der Waals surface area contributed by atoms with Crippen LogP contribution in [0.4, 0.5) is 0 Å². The number of benzene rings is 2. The van der Waals surface area contributed by atoms with Gasteiger partial charge in [0.1, 0.15) is 0 Å². The Hall–Kier alpha value is -3.19. The second-order valence-electron chi connectivity index (χ2n) is 11.2. The summed E-state index contributed by atoms with van der Waals surface area (Å²) in [6.45, 7) is 0.985. The first-order chi connectivity index (χ1) is 17.9. The quantitative estimate of drug-likeness (QED) is 0.426. The number of aliphatic imine (C=N–C) groups is 1. The van der Waals surface area contributed by atoms with Crippen LogP contribution in [0.25, 0.3) is 10.8 Å². The van der Waals surface area contributed by atoms with Gasteiger partial charge >= 0.3 is 0 Å². The lowest BCUT2D eigenvalue weighted by molar-refractivity contribution is 0.367. The van der Waals surface area contributed by atoms with Gasteiger partial charge in [-0.3, -0.25) is 4.99 Å². The molecule has 2 aromatic rings. The molecule has 0 N–H and O–H groups in total. The Kier molecular flexibility index (Phi) is 5.73. The van der Waals surface area contributed by atoms with Gasteiger partial charge in [0.25, 0.3) is 0 Å². The molecule has 1 heterocycles. The summed E-state index contributed by atoms with van der Waals surface area (Å²) in [5.41, 5.74) is 9.45. The fourth-order valence-electron chi connectivity index (χ4n) is 7.49. The molecule has 1 nitrogen and oxygen atoms in total. The summed E-state index contributed by atoms with van der Waals surface area (Å²) in [6, 6.07) is 16.0. The van der Waals surface area contributed by atoms with E-state index in [1.165, 1.54) is 54.9 Å². The van der Waals surface area contributed by atoms with Crippen molar-refractivity contribution in [2.24, 2.45) is 22.7 Å². The number of rotatable bonds is 3. The fourth-order valence-corrected chi connectivity index (χ4v) is 7.49. The van der Waals surface area contributed by atoms with Crippen molar-refractivity contribution in [1.82, 2.24) is 0 Å². The summed E-state index contributed by atoms with van der Waals surface area (Å²) in [7, 11) is 0. The van der Waals surface area contributed by atoms with E-state index in [0.717, 1.165) is 13.0 Å². The SMILES string of the molecule is C1=CC2=C(C3=CC=C(C4CCC=NC4)CC3)C3=CCCCC3C(c3ccc4ccccc4c3)C2C=C1. The molecule has 0 bridgehead atoms. The van der Waals surface area contributed by atoms with Crippen LogP contribution >= 0.6 is 0 Å². The molecule has 7 rings (SSSR count). The lowest BCUT2D eigenvalue weighted by atomic mass is 9.59. The van der Waals surface area contributed by atoms with Crippen LogP contribution in [0.5, 0.6) is 0 Å². The lowest BCUT2D eigenvalue weighted by Crippen LogP contribution is -2.32. The topological polar surface area (TPSA) is 12.4 Å². The van der Waals surface area contributed by atoms with Crippen molar-refractivity contribution in [3.63, 3.8) is 0 Å². The summed E-state index contributed by atoms with van der Waals surface area (Å²) in [5.74, 6) is 2.21. The third kappa shape index (κ3) is 3.81. The molecule has 4 aliphatic carbocycles. The third-order valence-electron chi connectivity index (χ3n) is 9.23. The molecule has 0 saturated carbocycles. The molecule has 4 atom stereocenters. The minimum absolute atomic E-state index is 0.449. The van der Waals surface area contributed by atoms with E-state index >= 15 is 0 Å². The van der Waals surface area contributed by atoms with E-state index in [1.807, 2.05) is 0 Å². The van der Waals surface area contributed by atoms with Crippen LogP contribution in [0, 0.1) is 17.8 Å². The van der Waals surface area contributed by atoms with Crippen molar-refractivity contribution in [1.29, 1.82) is 0 Å². The van der Waals surface area contributed by atoms with Crippen LogP contribution < -0.4 is 0 Å². The summed E-state index contributed by atoms with van der Waals surface area (Å²) >= 11 is 0. The van der Waals surface area contributed by atoms with Gasteiger partial charge in [-0.15, -0.1) is 0 Å². The molecule has 1 heteroatoms.